The highest BCUT2D eigenvalue weighted by atomic mass is 16.4. The Morgan fingerprint density at radius 3 is 2.38 bits per heavy atom. The number of benzene rings is 3. The molecule has 0 radical (unpaired) electrons. The van der Waals surface area contributed by atoms with Crippen molar-refractivity contribution < 1.29 is 14.7 Å². The molecule has 0 fully saturated rings. The van der Waals surface area contributed by atoms with Gasteiger partial charge >= 0.3 is 5.97 Å². The monoisotopic (exact) mass is 426 g/mol. The van der Waals surface area contributed by atoms with Crippen LogP contribution in [0.25, 0.3) is 5.57 Å². The second-order valence-corrected chi connectivity index (χ2v) is 8.10. The first kappa shape index (κ1) is 21.4. The maximum absolute atomic E-state index is 12.5. The standard InChI is InChI=1S/C27H26N2O3/c1-18-7-9-21(10-8-18)26(30)28-22-11-12-25(24(17-22)27(31)32)29-15-13-20(14-16-29)23-6-4-3-5-19(23)2/h3-13,17H,14-16H2,1-2H3,(H,28,30)(H,31,32). The fourth-order valence-corrected chi connectivity index (χ4v) is 4.03. The van der Waals surface area contributed by atoms with E-state index in [1.165, 1.54) is 22.8 Å². The number of aryl methyl sites for hydroxylation is 2. The molecule has 0 aromatic heterocycles. The first-order chi connectivity index (χ1) is 15.4. The number of hydrogen-bond acceptors (Lipinski definition) is 3. The van der Waals surface area contributed by atoms with E-state index >= 15 is 0 Å². The van der Waals surface area contributed by atoms with Crippen LogP contribution in [0.15, 0.2) is 72.8 Å². The van der Waals surface area contributed by atoms with Gasteiger partial charge in [-0.15, -0.1) is 0 Å². The summed E-state index contributed by atoms with van der Waals surface area (Å²) in [6.07, 6.45) is 3.01. The van der Waals surface area contributed by atoms with Crippen LogP contribution in [0, 0.1) is 13.8 Å². The highest BCUT2D eigenvalue weighted by molar-refractivity contribution is 6.05. The second kappa shape index (κ2) is 9.10. The number of carboxylic acid groups (broad SMARTS) is 1. The Labute approximate surface area is 188 Å². The average Bonchev–Trinajstić information content (AvgIpc) is 2.80. The van der Waals surface area contributed by atoms with Gasteiger partial charge in [-0.2, -0.15) is 0 Å². The fourth-order valence-electron chi connectivity index (χ4n) is 4.03. The molecule has 0 aliphatic carbocycles. The Morgan fingerprint density at radius 2 is 1.72 bits per heavy atom. The van der Waals surface area contributed by atoms with Gasteiger partial charge in [0.15, 0.2) is 0 Å². The van der Waals surface area contributed by atoms with Gasteiger partial charge in [-0.3, -0.25) is 4.79 Å². The number of nitrogens with zero attached hydrogens (tertiary/aromatic N) is 1. The molecule has 2 N–H and O–H groups in total. The van der Waals surface area contributed by atoms with Crippen LogP contribution in [-0.4, -0.2) is 30.1 Å². The van der Waals surface area contributed by atoms with Crippen molar-refractivity contribution in [1.29, 1.82) is 0 Å². The van der Waals surface area contributed by atoms with E-state index in [-0.39, 0.29) is 11.5 Å². The van der Waals surface area contributed by atoms with Gasteiger partial charge in [0.25, 0.3) is 5.91 Å². The average molecular weight is 427 g/mol. The van der Waals surface area contributed by atoms with Gasteiger partial charge in [0, 0.05) is 24.3 Å². The molecule has 3 aromatic rings. The predicted molar refractivity (Wildman–Crippen MR) is 129 cm³/mol. The van der Waals surface area contributed by atoms with Gasteiger partial charge in [0.2, 0.25) is 0 Å². The summed E-state index contributed by atoms with van der Waals surface area (Å²) >= 11 is 0. The van der Waals surface area contributed by atoms with Gasteiger partial charge in [-0.25, -0.2) is 4.79 Å². The number of hydrogen-bond donors (Lipinski definition) is 2. The van der Waals surface area contributed by atoms with E-state index in [1.807, 2.05) is 31.2 Å². The molecule has 0 spiro atoms. The molecule has 162 valence electrons. The summed E-state index contributed by atoms with van der Waals surface area (Å²) in [4.78, 5) is 26.6. The molecule has 1 amide bonds. The van der Waals surface area contributed by atoms with Crippen LogP contribution in [0.1, 0.15) is 43.8 Å². The molecule has 3 aromatic carbocycles. The lowest BCUT2D eigenvalue weighted by molar-refractivity contribution is 0.0697. The third-order valence-corrected chi connectivity index (χ3v) is 5.84. The van der Waals surface area contributed by atoms with Crippen molar-refractivity contribution in [2.24, 2.45) is 0 Å². The van der Waals surface area contributed by atoms with Crippen LogP contribution in [0.5, 0.6) is 0 Å². The molecule has 32 heavy (non-hydrogen) atoms. The number of amides is 1. The third kappa shape index (κ3) is 4.57. The number of nitrogens with one attached hydrogen (secondary N) is 1. The van der Waals surface area contributed by atoms with Gasteiger partial charge in [-0.05, 0) is 67.3 Å². The topological polar surface area (TPSA) is 69.6 Å². The minimum atomic E-state index is -1.01. The molecule has 1 heterocycles. The van der Waals surface area contributed by atoms with Crippen molar-refractivity contribution in [2.45, 2.75) is 20.3 Å². The van der Waals surface area contributed by atoms with Crippen molar-refractivity contribution in [3.05, 3.63) is 101 Å². The van der Waals surface area contributed by atoms with E-state index in [0.29, 0.717) is 23.5 Å². The summed E-state index contributed by atoms with van der Waals surface area (Å²) in [6.45, 7) is 5.43. The molecule has 0 saturated carbocycles. The number of carbonyl (C=O) groups is 2. The van der Waals surface area contributed by atoms with Crippen LogP contribution >= 0.6 is 0 Å². The van der Waals surface area contributed by atoms with Gasteiger partial charge in [0.1, 0.15) is 0 Å². The Bertz CT molecular complexity index is 1200. The smallest absolute Gasteiger partial charge is 0.337 e. The first-order valence-corrected chi connectivity index (χ1v) is 10.7. The zero-order chi connectivity index (χ0) is 22.7. The summed E-state index contributed by atoms with van der Waals surface area (Å²) in [7, 11) is 0. The van der Waals surface area contributed by atoms with E-state index in [2.05, 4.69) is 35.3 Å². The molecular formula is C27H26N2O3. The van der Waals surface area contributed by atoms with Crippen molar-refractivity contribution in [1.82, 2.24) is 0 Å². The SMILES string of the molecule is Cc1ccc(C(=O)Nc2ccc(N3CC=C(c4ccccc4C)CC3)c(C(=O)O)c2)cc1. The normalized spacial score (nSPS) is 13.4. The summed E-state index contributed by atoms with van der Waals surface area (Å²) in [5.74, 6) is -1.28. The van der Waals surface area contributed by atoms with E-state index in [9.17, 15) is 14.7 Å². The van der Waals surface area contributed by atoms with Gasteiger partial charge in [0.05, 0.1) is 11.3 Å². The van der Waals surface area contributed by atoms with Crippen LogP contribution in [0.2, 0.25) is 0 Å². The zero-order valence-corrected chi connectivity index (χ0v) is 18.3. The molecule has 0 atom stereocenters. The Balaban J connectivity index is 1.54. The van der Waals surface area contributed by atoms with E-state index in [0.717, 1.165) is 18.5 Å². The van der Waals surface area contributed by atoms with Crippen molar-refractivity contribution in [3.63, 3.8) is 0 Å². The largest absolute Gasteiger partial charge is 0.478 e. The quantitative estimate of drug-likeness (QED) is 0.561. The molecule has 5 nitrogen and oxygen atoms in total. The maximum Gasteiger partial charge on any atom is 0.337 e. The Morgan fingerprint density at radius 1 is 0.969 bits per heavy atom. The summed E-state index contributed by atoms with van der Waals surface area (Å²) in [5, 5.41) is 12.6. The second-order valence-electron chi connectivity index (χ2n) is 8.10. The minimum Gasteiger partial charge on any atom is -0.478 e. The number of anilines is 2. The lowest BCUT2D eigenvalue weighted by Crippen LogP contribution is -2.30. The molecule has 0 saturated heterocycles. The lowest BCUT2D eigenvalue weighted by Gasteiger charge is -2.30. The van der Waals surface area contributed by atoms with Crippen LogP contribution in [0.3, 0.4) is 0 Å². The summed E-state index contributed by atoms with van der Waals surface area (Å²) in [5.41, 5.74) is 6.68. The maximum atomic E-state index is 12.5. The summed E-state index contributed by atoms with van der Waals surface area (Å²) < 4.78 is 0. The van der Waals surface area contributed by atoms with E-state index in [1.54, 1.807) is 24.3 Å². The Kier molecular flexibility index (Phi) is 6.08. The predicted octanol–water partition coefficient (Wildman–Crippen LogP) is 5.55. The number of aromatic carboxylic acids is 1. The van der Waals surface area contributed by atoms with Crippen LogP contribution < -0.4 is 10.2 Å². The van der Waals surface area contributed by atoms with Crippen molar-refractivity contribution in [3.8, 4) is 0 Å². The molecule has 0 bridgehead atoms. The third-order valence-electron chi connectivity index (χ3n) is 5.84. The molecule has 5 heteroatoms. The minimum absolute atomic E-state index is 0.180. The Hall–Kier alpha value is -3.86. The van der Waals surface area contributed by atoms with Gasteiger partial charge < -0.3 is 15.3 Å². The number of rotatable bonds is 5. The number of carbonyl (C=O) groups excluding carboxylic acids is 1. The van der Waals surface area contributed by atoms with Crippen LogP contribution in [0.4, 0.5) is 11.4 Å². The highest BCUT2D eigenvalue weighted by Gasteiger charge is 2.20. The zero-order valence-electron chi connectivity index (χ0n) is 18.3. The highest BCUT2D eigenvalue weighted by Crippen LogP contribution is 2.30. The van der Waals surface area contributed by atoms with E-state index in [4.69, 9.17) is 0 Å². The molecule has 0 unspecified atom stereocenters. The molecule has 1 aliphatic rings. The number of carboxylic acids is 1. The van der Waals surface area contributed by atoms with Crippen molar-refractivity contribution >= 4 is 28.8 Å². The van der Waals surface area contributed by atoms with Gasteiger partial charge in [-0.1, -0.05) is 48.0 Å². The lowest BCUT2D eigenvalue weighted by atomic mass is 9.95. The van der Waals surface area contributed by atoms with E-state index < -0.39 is 5.97 Å². The molecular weight excluding hydrogens is 400 g/mol. The van der Waals surface area contributed by atoms with Crippen LogP contribution in [-0.2, 0) is 0 Å². The first-order valence-electron chi connectivity index (χ1n) is 10.7. The molecule has 1 aliphatic heterocycles. The fraction of sp³-hybridized carbons (Fsp3) is 0.185. The summed E-state index contributed by atoms with van der Waals surface area (Å²) in [6, 6.07) is 20.6. The molecule has 4 rings (SSSR count). The van der Waals surface area contributed by atoms with Crippen molar-refractivity contribution in [2.75, 3.05) is 23.3 Å².